The average molecular weight is 346 g/mol. The second-order valence-electron chi connectivity index (χ2n) is 6.79. The molecular formula is C21H28ClNO. The molecule has 0 unspecified atom stereocenters. The summed E-state index contributed by atoms with van der Waals surface area (Å²) in [5.41, 5.74) is 2.51. The summed E-state index contributed by atoms with van der Waals surface area (Å²) in [6.45, 7) is 6.00. The zero-order valence-corrected chi connectivity index (χ0v) is 15.4. The second-order valence-corrected chi connectivity index (χ2v) is 7.10. The van der Waals surface area contributed by atoms with E-state index in [1.807, 2.05) is 12.1 Å². The van der Waals surface area contributed by atoms with Crippen molar-refractivity contribution < 1.29 is 5.11 Å². The Labute approximate surface area is 151 Å². The fourth-order valence-electron chi connectivity index (χ4n) is 3.06. The normalized spacial score (nSPS) is 14.1. The summed E-state index contributed by atoms with van der Waals surface area (Å²) in [4.78, 5) is 2.36. The number of nitrogens with zero attached hydrogens (tertiary/aromatic N) is 1. The molecule has 0 saturated carbocycles. The Morgan fingerprint density at radius 2 is 1.33 bits per heavy atom. The number of aliphatic hydroxyl groups is 1. The van der Waals surface area contributed by atoms with Crippen molar-refractivity contribution in [3.63, 3.8) is 0 Å². The zero-order valence-electron chi connectivity index (χ0n) is 14.6. The van der Waals surface area contributed by atoms with Crippen molar-refractivity contribution in [2.24, 2.45) is 5.92 Å². The van der Waals surface area contributed by atoms with Gasteiger partial charge in [0, 0.05) is 25.0 Å². The summed E-state index contributed by atoms with van der Waals surface area (Å²) < 4.78 is 0. The summed E-state index contributed by atoms with van der Waals surface area (Å²) in [7, 11) is 0. The van der Waals surface area contributed by atoms with Crippen LogP contribution in [-0.4, -0.2) is 28.0 Å². The predicted molar refractivity (Wildman–Crippen MR) is 102 cm³/mol. The molecule has 2 atom stereocenters. The van der Waals surface area contributed by atoms with Gasteiger partial charge in [0.1, 0.15) is 0 Å². The average Bonchev–Trinajstić information content (AvgIpc) is 2.60. The van der Waals surface area contributed by atoms with E-state index >= 15 is 0 Å². The van der Waals surface area contributed by atoms with Crippen LogP contribution in [0.5, 0.6) is 0 Å². The van der Waals surface area contributed by atoms with E-state index in [0.717, 1.165) is 19.5 Å². The van der Waals surface area contributed by atoms with Crippen molar-refractivity contribution >= 4 is 11.6 Å². The summed E-state index contributed by atoms with van der Waals surface area (Å²) in [5, 5.41) is 10.5. The van der Waals surface area contributed by atoms with E-state index in [1.54, 1.807) is 0 Å². The third-order valence-electron chi connectivity index (χ3n) is 4.24. The number of rotatable bonds is 9. The third kappa shape index (κ3) is 5.94. The van der Waals surface area contributed by atoms with Crippen LogP contribution >= 0.6 is 11.6 Å². The number of aliphatic hydroxyl groups excluding tert-OH is 1. The molecular weight excluding hydrogens is 318 g/mol. The molecule has 0 aliphatic rings. The van der Waals surface area contributed by atoms with E-state index in [0.29, 0.717) is 5.92 Å². The number of hydrogen-bond donors (Lipinski definition) is 1. The lowest BCUT2D eigenvalue weighted by molar-refractivity contribution is 0.0405. The first-order valence-corrected chi connectivity index (χ1v) is 9.19. The van der Waals surface area contributed by atoms with Crippen LogP contribution in [0.15, 0.2) is 60.7 Å². The van der Waals surface area contributed by atoms with Crippen molar-refractivity contribution in [1.82, 2.24) is 4.90 Å². The molecule has 0 radical (unpaired) electrons. The highest BCUT2D eigenvalue weighted by atomic mass is 35.5. The van der Waals surface area contributed by atoms with Gasteiger partial charge >= 0.3 is 0 Å². The molecule has 0 fully saturated rings. The van der Waals surface area contributed by atoms with Gasteiger partial charge in [-0.2, -0.15) is 0 Å². The second kappa shape index (κ2) is 9.83. The molecule has 3 heteroatoms. The standard InChI is InChI=1S/C21H28ClNO/c1-17(2)13-20(21(24)14-22)23(15-18-9-5-3-6-10-18)16-19-11-7-4-8-12-19/h3-12,17,20-21,24H,13-16H2,1-2H3/t20-,21+/m1/s1. The van der Waals surface area contributed by atoms with E-state index in [4.69, 9.17) is 11.6 Å². The molecule has 0 saturated heterocycles. The van der Waals surface area contributed by atoms with Gasteiger partial charge in [0.25, 0.3) is 0 Å². The highest BCUT2D eigenvalue weighted by Crippen LogP contribution is 2.21. The van der Waals surface area contributed by atoms with Crippen LogP contribution < -0.4 is 0 Å². The van der Waals surface area contributed by atoms with Gasteiger partial charge in [-0.15, -0.1) is 11.6 Å². The highest BCUT2D eigenvalue weighted by molar-refractivity contribution is 6.18. The van der Waals surface area contributed by atoms with Crippen LogP contribution in [0, 0.1) is 5.92 Å². The van der Waals surface area contributed by atoms with E-state index in [9.17, 15) is 5.11 Å². The molecule has 130 valence electrons. The molecule has 2 nitrogen and oxygen atoms in total. The van der Waals surface area contributed by atoms with Gasteiger partial charge in [0.15, 0.2) is 0 Å². The Hall–Kier alpha value is -1.35. The fraction of sp³-hybridized carbons (Fsp3) is 0.429. The van der Waals surface area contributed by atoms with Crippen molar-refractivity contribution in [2.45, 2.75) is 45.5 Å². The van der Waals surface area contributed by atoms with Gasteiger partial charge in [-0.1, -0.05) is 74.5 Å². The molecule has 24 heavy (non-hydrogen) atoms. The Morgan fingerprint density at radius 1 is 0.875 bits per heavy atom. The summed E-state index contributed by atoms with van der Waals surface area (Å²) in [6, 6.07) is 20.9. The first kappa shape index (κ1) is 19.0. The molecule has 1 N–H and O–H groups in total. The Kier molecular flexibility index (Phi) is 7.77. The minimum Gasteiger partial charge on any atom is -0.390 e. The monoisotopic (exact) mass is 345 g/mol. The number of halogens is 1. The van der Waals surface area contributed by atoms with E-state index in [2.05, 4.69) is 67.3 Å². The van der Waals surface area contributed by atoms with Crippen LogP contribution in [0.3, 0.4) is 0 Å². The Bertz CT molecular complexity index is 531. The molecule has 0 bridgehead atoms. The van der Waals surface area contributed by atoms with Crippen LogP contribution in [-0.2, 0) is 13.1 Å². The number of alkyl halides is 1. The summed E-state index contributed by atoms with van der Waals surface area (Å²) in [5.74, 6) is 0.763. The molecule has 0 amide bonds. The first-order chi connectivity index (χ1) is 11.6. The Morgan fingerprint density at radius 3 is 1.71 bits per heavy atom. The highest BCUT2D eigenvalue weighted by Gasteiger charge is 2.26. The topological polar surface area (TPSA) is 23.5 Å². The van der Waals surface area contributed by atoms with Gasteiger partial charge in [0.2, 0.25) is 0 Å². The van der Waals surface area contributed by atoms with E-state index in [1.165, 1.54) is 11.1 Å². The van der Waals surface area contributed by atoms with Crippen LogP contribution in [0.25, 0.3) is 0 Å². The van der Waals surface area contributed by atoms with Crippen molar-refractivity contribution in [3.05, 3.63) is 71.8 Å². The molecule has 2 rings (SSSR count). The lowest BCUT2D eigenvalue weighted by atomic mass is 9.97. The van der Waals surface area contributed by atoms with Gasteiger partial charge < -0.3 is 5.11 Å². The predicted octanol–water partition coefficient (Wildman–Crippen LogP) is 4.70. The molecule has 0 heterocycles. The van der Waals surface area contributed by atoms with Gasteiger partial charge in [-0.3, -0.25) is 4.90 Å². The van der Waals surface area contributed by atoms with Gasteiger partial charge in [-0.05, 0) is 23.5 Å². The summed E-state index contributed by atoms with van der Waals surface area (Å²) in [6.07, 6.45) is 0.398. The molecule has 0 aliphatic heterocycles. The van der Waals surface area contributed by atoms with Crippen LogP contribution in [0.2, 0.25) is 0 Å². The minimum absolute atomic E-state index is 0.0444. The van der Waals surface area contributed by atoms with Crippen molar-refractivity contribution in [2.75, 3.05) is 5.88 Å². The van der Waals surface area contributed by atoms with Gasteiger partial charge in [-0.25, -0.2) is 0 Å². The smallest absolute Gasteiger partial charge is 0.0830 e. The largest absolute Gasteiger partial charge is 0.390 e. The molecule has 0 aromatic heterocycles. The van der Waals surface area contributed by atoms with Crippen molar-refractivity contribution in [3.8, 4) is 0 Å². The summed E-state index contributed by atoms with van der Waals surface area (Å²) >= 11 is 6.00. The van der Waals surface area contributed by atoms with Crippen LogP contribution in [0.1, 0.15) is 31.4 Å². The molecule has 2 aromatic carbocycles. The fourth-order valence-corrected chi connectivity index (χ4v) is 3.27. The number of hydrogen-bond acceptors (Lipinski definition) is 2. The molecule has 0 spiro atoms. The zero-order chi connectivity index (χ0) is 17.4. The van der Waals surface area contributed by atoms with Crippen molar-refractivity contribution in [1.29, 1.82) is 0 Å². The lowest BCUT2D eigenvalue weighted by Crippen LogP contribution is -2.44. The first-order valence-electron chi connectivity index (χ1n) is 8.66. The van der Waals surface area contributed by atoms with E-state index < -0.39 is 6.10 Å². The quantitative estimate of drug-likeness (QED) is 0.666. The number of benzene rings is 2. The SMILES string of the molecule is CC(C)C[C@H]([C@@H](O)CCl)N(Cc1ccccc1)Cc1ccccc1. The maximum Gasteiger partial charge on any atom is 0.0830 e. The maximum atomic E-state index is 10.5. The molecule has 0 aliphatic carbocycles. The molecule has 2 aromatic rings. The maximum absolute atomic E-state index is 10.5. The lowest BCUT2D eigenvalue weighted by Gasteiger charge is -2.35. The third-order valence-corrected chi connectivity index (χ3v) is 4.56. The minimum atomic E-state index is -0.526. The Balaban J connectivity index is 2.24. The van der Waals surface area contributed by atoms with Gasteiger partial charge in [0.05, 0.1) is 6.10 Å². The van der Waals surface area contributed by atoms with E-state index in [-0.39, 0.29) is 11.9 Å². The van der Waals surface area contributed by atoms with Crippen LogP contribution in [0.4, 0.5) is 0 Å².